The van der Waals surface area contributed by atoms with E-state index in [1.807, 2.05) is 18.8 Å². The fourth-order valence-electron chi connectivity index (χ4n) is 1.94. The van der Waals surface area contributed by atoms with Gasteiger partial charge >= 0.3 is 0 Å². The molecule has 1 nitrogen and oxygen atoms in total. The zero-order valence-electron chi connectivity index (χ0n) is 12.2. The van der Waals surface area contributed by atoms with Gasteiger partial charge in [-0.1, -0.05) is 74.5 Å². The normalized spacial score (nSPS) is 12.2. The summed E-state index contributed by atoms with van der Waals surface area (Å²) in [6, 6.07) is 21.4. The van der Waals surface area contributed by atoms with Crippen molar-refractivity contribution in [3.8, 4) is 0 Å². The standard InChI is InChI=1S/C17H20NPS/c1-14(2)20-17(18-3)19(15-10-6-4-7-11-15)16-12-8-5-9-13-16/h4-14H,1-3H3. The average Bonchev–Trinajstić information content (AvgIpc) is 2.48. The summed E-state index contributed by atoms with van der Waals surface area (Å²) in [7, 11) is 1.37. The second-order valence-electron chi connectivity index (χ2n) is 4.68. The summed E-state index contributed by atoms with van der Waals surface area (Å²) in [4.78, 5) is 5.83. The molecule has 0 amide bonds. The lowest BCUT2D eigenvalue weighted by molar-refractivity contribution is 1.12. The molecule has 0 aliphatic carbocycles. The first-order chi connectivity index (χ1) is 9.72. The van der Waals surface area contributed by atoms with E-state index in [1.165, 1.54) is 15.4 Å². The van der Waals surface area contributed by atoms with E-state index in [0.29, 0.717) is 5.25 Å². The molecule has 0 spiro atoms. The molecule has 0 radical (unpaired) electrons. The zero-order valence-corrected chi connectivity index (χ0v) is 13.9. The van der Waals surface area contributed by atoms with Crippen molar-refractivity contribution in [1.82, 2.24) is 0 Å². The highest BCUT2D eigenvalue weighted by Crippen LogP contribution is 2.41. The molecule has 0 aliphatic rings. The topological polar surface area (TPSA) is 12.4 Å². The van der Waals surface area contributed by atoms with E-state index in [2.05, 4.69) is 79.5 Å². The minimum atomic E-state index is -0.534. The van der Waals surface area contributed by atoms with Gasteiger partial charge in [-0.3, -0.25) is 4.99 Å². The molecule has 2 rings (SSSR count). The van der Waals surface area contributed by atoms with Gasteiger partial charge in [0, 0.05) is 20.2 Å². The van der Waals surface area contributed by atoms with Gasteiger partial charge < -0.3 is 0 Å². The molecule has 0 atom stereocenters. The van der Waals surface area contributed by atoms with Crippen LogP contribution in [0.5, 0.6) is 0 Å². The first-order valence-electron chi connectivity index (χ1n) is 6.76. The van der Waals surface area contributed by atoms with E-state index in [4.69, 9.17) is 0 Å². The Labute approximate surface area is 127 Å². The quantitative estimate of drug-likeness (QED) is 0.467. The molecule has 0 heterocycles. The molecule has 0 bridgehead atoms. The molecular formula is C17H20NPS. The smallest absolute Gasteiger partial charge is 0.0990 e. The molecule has 0 saturated carbocycles. The summed E-state index contributed by atoms with van der Waals surface area (Å²) in [5.41, 5.74) is 0. The molecule has 0 aromatic heterocycles. The first-order valence-corrected chi connectivity index (χ1v) is 8.98. The van der Waals surface area contributed by atoms with Crippen LogP contribution in [0.4, 0.5) is 0 Å². The molecule has 0 unspecified atom stereocenters. The fourth-order valence-corrected chi connectivity index (χ4v) is 6.03. The van der Waals surface area contributed by atoms with E-state index >= 15 is 0 Å². The highest BCUT2D eigenvalue weighted by Gasteiger charge is 2.21. The largest absolute Gasteiger partial charge is 0.281 e. The molecule has 2 aromatic rings. The van der Waals surface area contributed by atoms with Gasteiger partial charge in [0.25, 0.3) is 0 Å². The van der Waals surface area contributed by atoms with Gasteiger partial charge in [-0.2, -0.15) is 0 Å². The number of aliphatic imine (C=N–C) groups is 1. The van der Waals surface area contributed by atoms with Crippen molar-refractivity contribution in [2.75, 3.05) is 7.05 Å². The summed E-state index contributed by atoms with van der Waals surface area (Å²) in [6.45, 7) is 4.44. The Hall–Kier alpha value is -1.11. The number of hydrogen-bond acceptors (Lipinski definition) is 2. The zero-order chi connectivity index (χ0) is 14.4. The minimum Gasteiger partial charge on any atom is -0.281 e. The molecule has 3 heteroatoms. The molecule has 2 aromatic carbocycles. The monoisotopic (exact) mass is 301 g/mol. The Balaban J connectivity index is 2.45. The Kier molecular flexibility index (Phi) is 5.82. The van der Waals surface area contributed by atoms with Crippen LogP contribution in [0.1, 0.15) is 13.8 Å². The minimum absolute atomic E-state index is 0.534. The Bertz CT molecular complexity index is 512. The summed E-state index contributed by atoms with van der Waals surface area (Å²) in [6.07, 6.45) is 0. The van der Waals surface area contributed by atoms with Crippen molar-refractivity contribution in [3.05, 3.63) is 60.7 Å². The predicted octanol–water partition coefficient (Wildman–Crippen LogP) is 4.25. The maximum atomic E-state index is 4.59. The molecule has 0 fully saturated rings. The second kappa shape index (κ2) is 7.61. The Morgan fingerprint density at radius 3 is 1.70 bits per heavy atom. The van der Waals surface area contributed by atoms with Crippen LogP contribution < -0.4 is 10.6 Å². The third kappa shape index (κ3) is 3.94. The van der Waals surface area contributed by atoms with Gasteiger partial charge in [0.1, 0.15) is 0 Å². The van der Waals surface area contributed by atoms with Gasteiger partial charge in [-0.25, -0.2) is 0 Å². The van der Waals surface area contributed by atoms with Crippen LogP contribution in [0.2, 0.25) is 0 Å². The maximum absolute atomic E-state index is 4.59. The third-order valence-corrected chi connectivity index (χ3v) is 6.69. The Morgan fingerprint density at radius 1 is 0.900 bits per heavy atom. The summed E-state index contributed by atoms with van der Waals surface area (Å²) in [5.74, 6) is 0. The maximum Gasteiger partial charge on any atom is 0.0990 e. The van der Waals surface area contributed by atoms with Gasteiger partial charge in [0.05, 0.1) is 4.78 Å². The van der Waals surface area contributed by atoms with E-state index in [1.54, 1.807) is 0 Å². The van der Waals surface area contributed by atoms with Crippen LogP contribution >= 0.6 is 19.7 Å². The van der Waals surface area contributed by atoms with Crippen LogP contribution in [-0.4, -0.2) is 17.1 Å². The summed E-state index contributed by atoms with van der Waals surface area (Å²) < 4.78 is 0. The van der Waals surface area contributed by atoms with E-state index in [0.717, 1.165) is 0 Å². The lowest BCUT2D eigenvalue weighted by Gasteiger charge is -2.21. The predicted molar refractivity (Wildman–Crippen MR) is 95.2 cm³/mol. The molecule has 104 valence electrons. The van der Waals surface area contributed by atoms with Crippen molar-refractivity contribution < 1.29 is 0 Å². The van der Waals surface area contributed by atoms with Gasteiger partial charge in [0.2, 0.25) is 0 Å². The lowest BCUT2D eigenvalue weighted by Crippen LogP contribution is -2.17. The number of rotatable bonds is 4. The van der Waals surface area contributed by atoms with E-state index < -0.39 is 7.92 Å². The van der Waals surface area contributed by atoms with Crippen LogP contribution in [-0.2, 0) is 0 Å². The van der Waals surface area contributed by atoms with Crippen molar-refractivity contribution in [2.45, 2.75) is 19.1 Å². The number of benzene rings is 2. The van der Waals surface area contributed by atoms with E-state index in [-0.39, 0.29) is 0 Å². The van der Waals surface area contributed by atoms with Crippen molar-refractivity contribution in [1.29, 1.82) is 0 Å². The second-order valence-corrected chi connectivity index (χ2v) is 8.67. The molecule has 0 N–H and O–H groups in total. The van der Waals surface area contributed by atoms with Crippen molar-refractivity contribution in [3.63, 3.8) is 0 Å². The first kappa shape index (κ1) is 15.3. The van der Waals surface area contributed by atoms with Gasteiger partial charge in [-0.05, 0) is 10.6 Å². The highest BCUT2D eigenvalue weighted by atomic mass is 32.2. The Morgan fingerprint density at radius 2 is 1.35 bits per heavy atom. The lowest BCUT2D eigenvalue weighted by atomic mass is 10.4. The number of thioether (sulfide) groups is 1. The average molecular weight is 301 g/mol. The SMILES string of the molecule is CN=C(SC(C)C)P(c1ccccc1)c1ccccc1. The molecule has 0 aliphatic heterocycles. The summed E-state index contributed by atoms with van der Waals surface area (Å²) >= 11 is 1.88. The van der Waals surface area contributed by atoms with Crippen molar-refractivity contribution >= 4 is 35.1 Å². The van der Waals surface area contributed by atoms with Gasteiger partial charge in [0.15, 0.2) is 0 Å². The third-order valence-electron chi connectivity index (χ3n) is 2.75. The van der Waals surface area contributed by atoms with Crippen LogP contribution in [0.3, 0.4) is 0 Å². The fraction of sp³-hybridized carbons (Fsp3) is 0.235. The van der Waals surface area contributed by atoms with Crippen LogP contribution in [0.25, 0.3) is 0 Å². The number of nitrogens with zero attached hydrogens (tertiary/aromatic N) is 1. The van der Waals surface area contributed by atoms with E-state index in [9.17, 15) is 0 Å². The molecule has 20 heavy (non-hydrogen) atoms. The van der Waals surface area contributed by atoms with Gasteiger partial charge in [-0.15, -0.1) is 11.8 Å². The number of hydrogen-bond donors (Lipinski definition) is 0. The molecule has 0 saturated heterocycles. The summed E-state index contributed by atoms with van der Waals surface area (Å²) in [5, 5.41) is 3.27. The molecular weight excluding hydrogens is 281 g/mol. The van der Waals surface area contributed by atoms with Crippen LogP contribution in [0.15, 0.2) is 65.7 Å². The van der Waals surface area contributed by atoms with Crippen molar-refractivity contribution in [2.24, 2.45) is 4.99 Å². The van der Waals surface area contributed by atoms with Crippen LogP contribution in [0, 0.1) is 0 Å². The highest BCUT2D eigenvalue weighted by molar-refractivity contribution is 8.28.